The number of ether oxygens (including phenoxy) is 1. The van der Waals surface area contributed by atoms with Crippen LogP contribution in [-0.2, 0) is 9.53 Å². The molecule has 0 aliphatic heterocycles. The van der Waals surface area contributed by atoms with Crippen molar-refractivity contribution >= 4 is 5.91 Å². The van der Waals surface area contributed by atoms with E-state index in [1.807, 2.05) is 13.8 Å². The lowest BCUT2D eigenvalue weighted by Crippen LogP contribution is -2.34. The van der Waals surface area contributed by atoms with Gasteiger partial charge in [-0.15, -0.1) is 6.58 Å². The van der Waals surface area contributed by atoms with Crippen molar-refractivity contribution in [2.24, 2.45) is 0 Å². The third-order valence-corrected chi connectivity index (χ3v) is 1.60. The van der Waals surface area contributed by atoms with Crippen LogP contribution in [0.3, 0.4) is 0 Å². The van der Waals surface area contributed by atoms with Crippen molar-refractivity contribution in [1.29, 1.82) is 0 Å². The summed E-state index contributed by atoms with van der Waals surface area (Å²) < 4.78 is 5.38. The highest BCUT2D eigenvalue weighted by atomic mass is 16.5. The molecule has 76 valence electrons. The van der Waals surface area contributed by atoms with E-state index in [9.17, 15) is 4.79 Å². The molecule has 0 aromatic rings. The van der Waals surface area contributed by atoms with Gasteiger partial charge in [0.2, 0.25) is 5.91 Å². The first kappa shape index (κ1) is 12.2. The molecule has 0 saturated carbocycles. The average Bonchev–Trinajstić information content (AvgIpc) is 2.10. The monoisotopic (exact) mass is 185 g/mol. The van der Waals surface area contributed by atoms with Gasteiger partial charge in [-0.25, -0.2) is 0 Å². The van der Waals surface area contributed by atoms with Crippen LogP contribution in [0.5, 0.6) is 0 Å². The molecule has 1 unspecified atom stereocenters. The van der Waals surface area contributed by atoms with E-state index in [2.05, 4.69) is 11.9 Å². The van der Waals surface area contributed by atoms with Crippen LogP contribution in [0, 0.1) is 0 Å². The highest BCUT2D eigenvalue weighted by Crippen LogP contribution is 2.06. The van der Waals surface area contributed by atoms with Crippen LogP contribution in [0.2, 0.25) is 0 Å². The second-order valence-electron chi connectivity index (χ2n) is 3.13. The van der Waals surface area contributed by atoms with E-state index in [4.69, 9.17) is 4.74 Å². The SMILES string of the molecule is C=C(C)CC(OCCC)C(=O)NC. The van der Waals surface area contributed by atoms with Crippen LogP contribution in [0.1, 0.15) is 26.7 Å². The maximum atomic E-state index is 11.3. The molecule has 13 heavy (non-hydrogen) atoms. The fourth-order valence-electron chi connectivity index (χ4n) is 0.965. The molecule has 0 spiro atoms. The maximum Gasteiger partial charge on any atom is 0.249 e. The van der Waals surface area contributed by atoms with E-state index < -0.39 is 0 Å². The lowest BCUT2D eigenvalue weighted by molar-refractivity contribution is -0.132. The number of hydrogen-bond acceptors (Lipinski definition) is 2. The Balaban J connectivity index is 4.02. The predicted octanol–water partition coefficient (Wildman–Crippen LogP) is 1.49. The van der Waals surface area contributed by atoms with Crippen molar-refractivity contribution in [1.82, 2.24) is 5.32 Å². The zero-order valence-electron chi connectivity index (χ0n) is 8.72. The highest BCUT2D eigenvalue weighted by molar-refractivity contribution is 5.80. The van der Waals surface area contributed by atoms with Crippen molar-refractivity contribution in [2.75, 3.05) is 13.7 Å². The summed E-state index contributed by atoms with van der Waals surface area (Å²) in [6, 6.07) is 0. The van der Waals surface area contributed by atoms with Crippen LogP contribution in [0.25, 0.3) is 0 Å². The summed E-state index contributed by atoms with van der Waals surface area (Å²) >= 11 is 0. The van der Waals surface area contributed by atoms with Crippen molar-refractivity contribution in [2.45, 2.75) is 32.8 Å². The van der Waals surface area contributed by atoms with Gasteiger partial charge in [-0.2, -0.15) is 0 Å². The molecule has 3 heteroatoms. The first-order valence-electron chi connectivity index (χ1n) is 4.59. The van der Waals surface area contributed by atoms with Crippen molar-refractivity contribution in [3.05, 3.63) is 12.2 Å². The van der Waals surface area contributed by atoms with Gasteiger partial charge in [0.05, 0.1) is 0 Å². The Labute approximate surface area is 80.2 Å². The number of hydrogen-bond donors (Lipinski definition) is 1. The molecule has 0 fully saturated rings. The molecule has 0 aromatic carbocycles. The van der Waals surface area contributed by atoms with E-state index in [0.717, 1.165) is 12.0 Å². The number of rotatable bonds is 6. The third-order valence-electron chi connectivity index (χ3n) is 1.60. The van der Waals surface area contributed by atoms with Gasteiger partial charge in [0.15, 0.2) is 0 Å². The van der Waals surface area contributed by atoms with Gasteiger partial charge in [-0.3, -0.25) is 4.79 Å². The minimum Gasteiger partial charge on any atom is -0.368 e. The van der Waals surface area contributed by atoms with Crippen molar-refractivity contribution < 1.29 is 9.53 Å². The minimum absolute atomic E-state index is 0.0727. The van der Waals surface area contributed by atoms with Gasteiger partial charge < -0.3 is 10.1 Å². The van der Waals surface area contributed by atoms with Crippen molar-refractivity contribution in [3.8, 4) is 0 Å². The zero-order chi connectivity index (χ0) is 10.3. The summed E-state index contributed by atoms with van der Waals surface area (Å²) in [5.41, 5.74) is 0.963. The highest BCUT2D eigenvalue weighted by Gasteiger charge is 2.16. The molecule has 0 bridgehead atoms. The van der Waals surface area contributed by atoms with Gasteiger partial charge in [-0.05, 0) is 13.3 Å². The zero-order valence-corrected chi connectivity index (χ0v) is 8.72. The fraction of sp³-hybridized carbons (Fsp3) is 0.700. The van der Waals surface area contributed by atoms with Crippen LogP contribution in [-0.4, -0.2) is 25.7 Å². The normalized spacial score (nSPS) is 12.2. The molecule has 0 saturated heterocycles. The van der Waals surface area contributed by atoms with E-state index in [1.165, 1.54) is 0 Å². The largest absolute Gasteiger partial charge is 0.368 e. The molecule has 1 atom stereocenters. The minimum atomic E-state index is -0.373. The lowest BCUT2D eigenvalue weighted by Gasteiger charge is -2.15. The Morgan fingerprint density at radius 1 is 1.62 bits per heavy atom. The van der Waals surface area contributed by atoms with E-state index >= 15 is 0 Å². The molecule has 0 aromatic heterocycles. The van der Waals surface area contributed by atoms with Crippen LogP contribution >= 0.6 is 0 Å². The Kier molecular flexibility index (Phi) is 6.24. The lowest BCUT2D eigenvalue weighted by atomic mass is 10.1. The molecular weight excluding hydrogens is 166 g/mol. The summed E-state index contributed by atoms with van der Waals surface area (Å²) in [6.45, 7) is 8.29. The summed E-state index contributed by atoms with van der Waals surface area (Å²) in [4.78, 5) is 11.3. The molecule has 3 nitrogen and oxygen atoms in total. The topological polar surface area (TPSA) is 38.3 Å². The van der Waals surface area contributed by atoms with Gasteiger partial charge in [0.1, 0.15) is 6.10 Å². The Morgan fingerprint density at radius 2 is 2.23 bits per heavy atom. The Bertz CT molecular complexity index is 178. The van der Waals surface area contributed by atoms with E-state index in [-0.39, 0.29) is 12.0 Å². The molecule has 0 radical (unpaired) electrons. The van der Waals surface area contributed by atoms with Crippen LogP contribution < -0.4 is 5.32 Å². The maximum absolute atomic E-state index is 11.3. The summed E-state index contributed by atoms with van der Waals surface area (Å²) in [7, 11) is 1.61. The molecule has 1 N–H and O–H groups in total. The summed E-state index contributed by atoms with van der Waals surface area (Å²) in [5.74, 6) is -0.0727. The van der Waals surface area contributed by atoms with Crippen molar-refractivity contribution in [3.63, 3.8) is 0 Å². The molecule has 0 heterocycles. The molecule has 0 aliphatic rings. The number of carbonyl (C=O) groups excluding carboxylic acids is 1. The molecular formula is C10H19NO2. The first-order valence-corrected chi connectivity index (χ1v) is 4.59. The fourth-order valence-corrected chi connectivity index (χ4v) is 0.965. The predicted molar refractivity (Wildman–Crippen MR) is 53.5 cm³/mol. The quantitative estimate of drug-likeness (QED) is 0.637. The number of likely N-dealkylation sites (N-methyl/N-ethyl adjacent to an activating group) is 1. The second-order valence-corrected chi connectivity index (χ2v) is 3.13. The molecule has 0 aliphatic carbocycles. The van der Waals surface area contributed by atoms with Crippen LogP contribution in [0.4, 0.5) is 0 Å². The van der Waals surface area contributed by atoms with Crippen LogP contribution in [0.15, 0.2) is 12.2 Å². The number of carbonyl (C=O) groups is 1. The Morgan fingerprint density at radius 3 is 2.62 bits per heavy atom. The summed E-state index contributed by atoms with van der Waals surface area (Å²) in [6.07, 6.45) is 1.14. The van der Waals surface area contributed by atoms with Gasteiger partial charge >= 0.3 is 0 Å². The molecule has 1 amide bonds. The number of amides is 1. The Hall–Kier alpha value is -0.830. The van der Waals surface area contributed by atoms with Gasteiger partial charge in [-0.1, -0.05) is 12.5 Å². The standard InChI is InChI=1S/C10H19NO2/c1-5-6-13-9(7-8(2)3)10(12)11-4/h9H,2,5-7H2,1,3-4H3,(H,11,12). The van der Waals surface area contributed by atoms with E-state index in [0.29, 0.717) is 13.0 Å². The smallest absolute Gasteiger partial charge is 0.249 e. The van der Waals surface area contributed by atoms with E-state index in [1.54, 1.807) is 7.05 Å². The molecule has 0 rings (SSSR count). The van der Waals surface area contributed by atoms with Gasteiger partial charge in [0.25, 0.3) is 0 Å². The summed E-state index contributed by atoms with van der Waals surface area (Å²) in [5, 5.41) is 2.57. The second kappa shape index (κ2) is 6.66. The average molecular weight is 185 g/mol. The first-order chi connectivity index (χ1) is 6.11. The number of nitrogens with one attached hydrogen (secondary N) is 1. The van der Waals surface area contributed by atoms with Gasteiger partial charge in [0, 0.05) is 20.1 Å². The third kappa shape index (κ3) is 5.42.